The highest BCUT2D eigenvalue weighted by Crippen LogP contribution is 2.35. The Labute approximate surface area is 275 Å². The highest BCUT2D eigenvalue weighted by atomic mass is 32.1. The molecule has 2 N–H and O–H groups in total. The number of aryl methyl sites for hydroxylation is 1. The van der Waals surface area contributed by atoms with Gasteiger partial charge in [0.15, 0.2) is 5.96 Å². The Hall–Kier alpha value is -3.84. The van der Waals surface area contributed by atoms with Crippen molar-refractivity contribution in [3.8, 4) is 0 Å². The molecule has 2 aromatic carbocycles. The lowest BCUT2D eigenvalue weighted by Gasteiger charge is -2.38. The van der Waals surface area contributed by atoms with Gasteiger partial charge in [-0.2, -0.15) is 12.6 Å². The molecular weight excluding hydrogens is 603 g/mol. The van der Waals surface area contributed by atoms with E-state index >= 15 is 0 Å². The number of nitrogens with zero attached hydrogens (tertiary/aromatic N) is 8. The van der Waals surface area contributed by atoms with Gasteiger partial charge in [0.25, 0.3) is 5.56 Å². The molecule has 4 aromatic rings. The van der Waals surface area contributed by atoms with Gasteiger partial charge in [0.2, 0.25) is 0 Å². The first-order valence-corrected chi connectivity index (χ1v) is 16.8. The van der Waals surface area contributed by atoms with Crippen LogP contribution in [0.1, 0.15) is 51.9 Å². The minimum Gasteiger partial charge on any atom is -0.340 e. The molecule has 3 unspecified atom stereocenters. The van der Waals surface area contributed by atoms with Crippen LogP contribution in [-0.2, 0) is 19.5 Å². The molecule has 4 atom stereocenters. The van der Waals surface area contributed by atoms with Gasteiger partial charge in [0.1, 0.15) is 24.5 Å². The fraction of sp³-hybridized carbons (Fsp3) is 0.515. The molecule has 0 radical (unpaired) electrons. The highest BCUT2D eigenvalue weighted by molar-refractivity contribution is 7.81. The van der Waals surface area contributed by atoms with Crippen LogP contribution in [0, 0.1) is 17.7 Å². The number of guanidine groups is 1. The first-order valence-electron chi connectivity index (χ1n) is 16.3. The number of anilines is 1. The molecule has 1 aliphatic heterocycles. The minimum atomic E-state index is -0.290. The standard InChI is InChI=1S/C31H39FN10OS.C2H6/c1-20-21(2)28(44)10-9-26(20)37-31(40-15-12-33-13-16-40)35-24-7-8-25-27(17-24)36-29(18-41-19-34-38-39-41)42(30(25)43)14-11-22-3-5-23(32)6-4-22;1-2/h3-8,17,19-21,26,28,33,44H,9-16,18H2,1-2H3,(H,35,37);1-2H3/t20?,21-,26?,28?;/m0./s1. The normalized spacial score (nSPS) is 22.0. The third-order valence-corrected chi connectivity index (χ3v) is 9.76. The Balaban J connectivity index is 0.00000204. The van der Waals surface area contributed by atoms with Crippen LogP contribution in [0.5, 0.6) is 0 Å². The molecule has 246 valence electrons. The summed E-state index contributed by atoms with van der Waals surface area (Å²) >= 11 is 4.81. The summed E-state index contributed by atoms with van der Waals surface area (Å²) in [5.74, 6) is 2.01. The lowest BCUT2D eigenvalue weighted by atomic mass is 9.78. The molecule has 1 aliphatic carbocycles. The zero-order valence-electron chi connectivity index (χ0n) is 27.1. The number of nitrogens with one attached hydrogen (secondary N) is 2. The molecule has 11 nitrogen and oxygen atoms in total. The third kappa shape index (κ3) is 7.92. The first kappa shape index (κ1) is 33.5. The molecule has 2 aliphatic rings. The van der Waals surface area contributed by atoms with Crippen molar-refractivity contribution in [2.24, 2.45) is 16.8 Å². The van der Waals surface area contributed by atoms with Crippen LogP contribution < -0.4 is 16.2 Å². The van der Waals surface area contributed by atoms with Crippen LogP contribution in [0.15, 0.2) is 58.6 Å². The number of piperazine rings is 1. The van der Waals surface area contributed by atoms with Gasteiger partial charge >= 0.3 is 0 Å². The van der Waals surface area contributed by atoms with E-state index in [0.29, 0.717) is 46.8 Å². The second-order valence-electron chi connectivity index (χ2n) is 11.8. The maximum Gasteiger partial charge on any atom is 0.261 e. The molecule has 1 saturated heterocycles. The molecule has 0 spiro atoms. The molecule has 1 saturated carbocycles. The number of rotatable bonds is 7. The van der Waals surface area contributed by atoms with Gasteiger partial charge in [-0.25, -0.2) is 19.0 Å². The van der Waals surface area contributed by atoms with Gasteiger partial charge in [-0.15, -0.1) is 5.10 Å². The van der Waals surface area contributed by atoms with Crippen LogP contribution in [-0.4, -0.2) is 78.1 Å². The quantitative estimate of drug-likeness (QED) is 0.155. The number of hydrogen-bond donors (Lipinski definition) is 3. The molecule has 6 rings (SSSR count). The summed E-state index contributed by atoms with van der Waals surface area (Å²) in [5.41, 5.74) is 2.19. The summed E-state index contributed by atoms with van der Waals surface area (Å²) in [7, 11) is 0. The third-order valence-electron chi connectivity index (χ3n) is 9.03. The monoisotopic (exact) mass is 648 g/mol. The Morgan fingerprint density at radius 3 is 2.57 bits per heavy atom. The largest absolute Gasteiger partial charge is 0.340 e. The SMILES string of the molecule is CC.CC1C(N=C(Nc2ccc3c(=O)n(CCc4ccc(F)cc4)c(Cn4cnnn4)nc3c2)N2CCNCC2)CCC(S)[C@H]1C. The molecular formula is C33H45FN10OS. The molecule has 2 fully saturated rings. The van der Waals surface area contributed by atoms with Crippen molar-refractivity contribution < 1.29 is 4.39 Å². The van der Waals surface area contributed by atoms with E-state index < -0.39 is 0 Å². The number of fused-ring (bicyclic) bond motifs is 1. The van der Waals surface area contributed by atoms with Gasteiger partial charge in [0.05, 0.1) is 16.9 Å². The highest BCUT2D eigenvalue weighted by Gasteiger charge is 2.33. The maximum atomic E-state index is 13.8. The smallest absolute Gasteiger partial charge is 0.261 e. The van der Waals surface area contributed by atoms with E-state index in [9.17, 15) is 9.18 Å². The number of halogens is 1. The number of aliphatic imine (C=N–C) groups is 1. The predicted octanol–water partition coefficient (Wildman–Crippen LogP) is 4.25. The van der Waals surface area contributed by atoms with Crippen molar-refractivity contribution in [3.63, 3.8) is 0 Å². The van der Waals surface area contributed by atoms with Gasteiger partial charge in [-0.1, -0.05) is 39.8 Å². The number of aromatic nitrogens is 6. The van der Waals surface area contributed by atoms with Gasteiger partial charge < -0.3 is 15.5 Å². The van der Waals surface area contributed by atoms with Crippen LogP contribution in [0.25, 0.3) is 10.9 Å². The number of thiol groups is 1. The molecule has 2 aromatic heterocycles. The van der Waals surface area contributed by atoms with Gasteiger partial charge in [-0.05, 0) is 77.4 Å². The topological polar surface area (TPSA) is 118 Å². The molecule has 13 heteroatoms. The van der Waals surface area contributed by atoms with E-state index in [0.717, 1.165) is 56.2 Å². The Morgan fingerprint density at radius 1 is 1.09 bits per heavy atom. The lowest BCUT2D eigenvalue weighted by Crippen LogP contribution is -2.49. The van der Waals surface area contributed by atoms with E-state index in [1.165, 1.54) is 18.5 Å². The van der Waals surface area contributed by atoms with E-state index in [1.54, 1.807) is 21.4 Å². The summed E-state index contributed by atoms with van der Waals surface area (Å²) < 4.78 is 16.6. The summed E-state index contributed by atoms with van der Waals surface area (Å²) in [4.78, 5) is 26.4. The predicted molar refractivity (Wildman–Crippen MR) is 184 cm³/mol. The summed E-state index contributed by atoms with van der Waals surface area (Å²) in [6.07, 6.45) is 4.10. The molecule has 3 heterocycles. The first-order chi connectivity index (χ1) is 22.4. The Morgan fingerprint density at radius 2 is 1.85 bits per heavy atom. The van der Waals surface area contributed by atoms with Crippen molar-refractivity contribution in [1.82, 2.24) is 40.0 Å². The average molecular weight is 649 g/mol. The molecule has 0 bridgehead atoms. The summed E-state index contributed by atoms with van der Waals surface area (Å²) in [6.45, 7) is 12.7. The average Bonchev–Trinajstić information content (AvgIpc) is 3.59. The maximum absolute atomic E-state index is 13.8. The fourth-order valence-electron chi connectivity index (χ4n) is 6.09. The van der Waals surface area contributed by atoms with Crippen LogP contribution in [0.4, 0.5) is 10.1 Å². The van der Waals surface area contributed by atoms with E-state index in [1.807, 2.05) is 32.0 Å². The van der Waals surface area contributed by atoms with Crippen LogP contribution in [0.2, 0.25) is 0 Å². The second kappa shape index (κ2) is 15.6. The van der Waals surface area contributed by atoms with Crippen LogP contribution in [0.3, 0.4) is 0 Å². The van der Waals surface area contributed by atoms with E-state index in [4.69, 9.17) is 22.6 Å². The summed E-state index contributed by atoms with van der Waals surface area (Å²) in [6, 6.07) is 12.2. The fourth-order valence-corrected chi connectivity index (χ4v) is 6.51. The van der Waals surface area contributed by atoms with Gasteiger partial charge in [0, 0.05) is 43.7 Å². The minimum absolute atomic E-state index is 0.144. The van der Waals surface area contributed by atoms with Crippen molar-refractivity contribution in [1.29, 1.82) is 0 Å². The number of tetrazole rings is 1. The molecule has 46 heavy (non-hydrogen) atoms. The zero-order valence-corrected chi connectivity index (χ0v) is 28.0. The Bertz CT molecular complexity index is 1650. The lowest BCUT2D eigenvalue weighted by molar-refractivity contribution is 0.247. The molecule has 0 amide bonds. The van der Waals surface area contributed by atoms with Crippen molar-refractivity contribution in [2.45, 2.75) is 71.3 Å². The van der Waals surface area contributed by atoms with Crippen molar-refractivity contribution in [2.75, 3.05) is 31.5 Å². The van der Waals surface area contributed by atoms with Crippen LogP contribution >= 0.6 is 12.6 Å². The van der Waals surface area contributed by atoms with Crippen molar-refractivity contribution in [3.05, 3.63) is 76.4 Å². The number of benzene rings is 2. The Kier molecular flexibility index (Phi) is 11.4. The van der Waals surface area contributed by atoms with E-state index in [2.05, 4.69) is 44.9 Å². The number of hydrogen-bond acceptors (Lipinski definition) is 8. The van der Waals surface area contributed by atoms with Crippen molar-refractivity contribution >= 4 is 35.2 Å². The second-order valence-corrected chi connectivity index (χ2v) is 12.5. The zero-order chi connectivity index (χ0) is 32.6. The van der Waals surface area contributed by atoms with Gasteiger partial charge in [-0.3, -0.25) is 9.36 Å². The summed E-state index contributed by atoms with van der Waals surface area (Å²) in [5, 5.41) is 19.4. The van der Waals surface area contributed by atoms with E-state index in [-0.39, 0.29) is 24.0 Å².